The maximum absolute atomic E-state index is 11.9. The molecule has 110 valence electrons. The Balaban J connectivity index is 2.53. The Morgan fingerprint density at radius 1 is 1.35 bits per heavy atom. The largest absolute Gasteiger partial charge is 0.480 e. The number of hydrogen-bond donors (Lipinski definition) is 3. The van der Waals surface area contributed by atoms with Gasteiger partial charge in [-0.25, -0.2) is 4.79 Å². The molecule has 5 nitrogen and oxygen atoms in total. The van der Waals surface area contributed by atoms with E-state index in [9.17, 15) is 9.59 Å². The van der Waals surface area contributed by atoms with Gasteiger partial charge in [0.15, 0.2) is 0 Å². The molecule has 0 aromatic heterocycles. The Morgan fingerprint density at radius 3 is 2.55 bits per heavy atom. The third-order valence-corrected chi connectivity index (χ3v) is 3.50. The number of amides is 1. The molecule has 0 spiro atoms. The zero-order valence-electron chi connectivity index (χ0n) is 11.4. The molecule has 1 aromatic rings. The molecule has 20 heavy (non-hydrogen) atoms. The fourth-order valence-corrected chi connectivity index (χ4v) is 2.20. The third kappa shape index (κ3) is 5.63. The lowest BCUT2D eigenvalue weighted by Crippen LogP contribution is -2.49. The van der Waals surface area contributed by atoms with Gasteiger partial charge in [-0.05, 0) is 30.4 Å². The Hall–Kier alpha value is -1.53. The van der Waals surface area contributed by atoms with Crippen molar-refractivity contribution in [1.82, 2.24) is 5.32 Å². The first-order valence-corrected chi connectivity index (χ1v) is 7.75. The lowest BCUT2D eigenvalue weighted by molar-refractivity contribution is -0.142. The van der Waals surface area contributed by atoms with Crippen LogP contribution in [0.2, 0.25) is 0 Å². The quantitative estimate of drug-likeness (QED) is 0.662. The van der Waals surface area contributed by atoms with E-state index in [2.05, 4.69) is 5.32 Å². The number of nitrogens with two attached hydrogens (primary N) is 1. The molecule has 6 heteroatoms. The molecule has 0 radical (unpaired) electrons. The first-order chi connectivity index (χ1) is 9.54. The summed E-state index contributed by atoms with van der Waals surface area (Å²) in [4.78, 5) is 23.0. The summed E-state index contributed by atoms with van der Waals surface area (Å²) >= 11 is 1.54. The van der Waals surface area contributed by atoms with Crippen LogP contribution in [-0.4, -0.2) is 41.1 Å². The Kier molecular flexibility index (Phi) is 7.11. The van der Waals surface area contributed by atoms with Crippen LogP contribution in [-0.2, 0) is 16.0 Å². The molecule has 1 rings (SSSR count). The molecule has 2 atom stereocenters. The molecule has 0 bridgehead atoms. The Bertz CT molecular complexity index is 439. The molecular weight excluding hydrogens is 276 g/mol. The second kappa shape index (κ2) is 8.60. The van der Waals surface area contributed by atoms with Crippen molar-refractivity contribution in [2.45, 2.75) is 24.9 Å². The maximum Gasteiger partial charge on any atom is 0.326 e. The second-order valence-electron chi connectivity index (χ2n) is 4.48. The highest BCUT2D eigenvalue weighted by atomic mass is 32.2. The van der Waals surface area contributed by atoms with Crippen LogP contribution >= 0.6 is 11.8 Å². The van der Waals surface area contributed by atoms with E-state index in [0.29, 0.717) is 18.6 Å². The van der Waals surface area contributed by atoms with Crippen LogP contribution in [0.15, 0.2) is 30.3 Å². The number of hydrogen-bond acceptors (Lipinski definition) is 4. The molecule has 4 N–H and O–H groups in total. The van der Waals surface area contributed by atoms with E-state index in [0.717, 1.165) is 5.56 Å². The fourth-order valence-electron chi connectivity index (χ4n) is 1.73. The number of carbonyl (C=O) groups excluding carboxylic acids is 1. The molecule has 0 fully saturated rings. The minimum atomic E-state index is -1.03. The van der Waals surface area contributed by atoms with E-state index in [-0.39, 0.29) is 0 Å². The van der Waals surface area contributed by atoms with Gasteiger partial charge in [0.05, 0.1) is 6.04 Å². The topological polar surface area (TPSA) is 92.4 Å². The van der Waals surface area contributed by atoms with Crippen molar-refractivity contribution in [2.75, 3.05) is 12.0 Å². The maximum atomic E-state index is 11.9. The summed E-state index contributed by atoms with van der Waals surface area (Å²) in [5.74, 6) is -0.785. The van der Waals surface area contributed by atoms with Crippen molar-refractivity contribution in [1.29, 1.82) is 0 Å². The number of carboxylic acids is 1. The van der Waals surface area contributed by atoms with Crippen LogP contribution in [0.1, 0.15) is 12.0 Å². The predicted molar refractivity (Wildman–Crippen MR) is 80.7 cm³/mol. The van der Waals surface area contributed by atoms with E-state index < -0.39 is 24.0 Å². The molecule has 0 saturated heterocycles. The average molecular weight is 296 g/mol. The van der Waals surface area contributed by atoms with Crippen LogP contribution in [0, 0.1) is 0 Å². The average Bonchev–Trinajstić information content (AvgIpc) is 2.43. The van der Waals surface area contributed by atoms with Gasteiger partial charge in [0.2, 0.25) is 5.91 Å². The number of carbonyl (C=O) groups is 2. The minimum Gasteiger partial charge on any atom is -0.480 e. The van der Waals surface area contributed by atoms with E-state index >= 15 is 0 Å². The second-order valence-corrected chi connectivity index (χ2v) is 5.46. The summed E-state index contributed by atoms with van der Waals surface area (Å²) in [6, 6.07) is 7.78. The zero-order chi connectivity index (χ0) is 15.0. The SMILES string of the molecule is CSCC[C@H](NC(=O)[C@H](N)Cc1ccccc1)C(=O)O. The molecule has 0 aliphatic carbocycles. The summed E-state index contributed by atoms with van der Waals surface area (Å²) in [6.07, 6.45) is 2.67. The van der Waals surface area contributed by atoms with Crippen LogP contribution in [0.3, 0.4) is 0 Å². The molecule has 0 heterocycles. The molecule has 1 aromatic carbocycles. The van der Waals surface area contributed by atoms with Crippen molar-refractivity contribution >= 4 is 23.6 Å². The van der Waals surface area contributed by atoms with Crippen molar-refractivity contribution in [2.24, 2.45) is 5.73 Å². The van der Waals surface area contributed by atoms with Gasteiger partial charge < -0.3 is 16.2 Å². The Labute approximate surface area is 122 Å². The lowest BCUT2D eigenvalue weighted by Gasteiger charge is -2.17. The van der Waals surface area contributed by atoms with Crippen LogP contribution in [0.5, 0.6) is 0 Å². The van der Waals surface area contributed by atoms with Gasteiger partial charge in [0.1, 0.15) is 6.04 Å². The predicted octanol–water partition coefficient (Wildman–Crippen LogP) is 0.879. The number of carboxylic acid groups (broad SMARTS) is 1. The van der Waals surface area contributed by atoms with E-state index in [1.807, 2.05) is 36.6 Å². The van der Waals surface area contributed by atoms with Crippen LogP contribution in [0.25, 0.3) is 0 Å². The van der Waals surface area contributed by atoms with Gasteiger partial charge in [-0.3, -0.25) is 4.79 Å². The van der Waals surface area contributed by atoms with Crippen LogP contribution < -0.4 is 11.1 Å². The highest BCUT2D eigenvalue weighted by molar-refractivity contribution is 7.98. The van der Waals surface area contributed by atoms with Gasteiger partial charge in [0, 0.05) is 0 Å². The fraction of sp³-hybridized carbons (Fsp3) is 0.429. The van der Waals surface area contributed by atoms with Crippen molar-refractivity contribution < 1.29 is 14.7 Å². The number of thioether (sulfide) groups is 1. The molecule has 1 amide bonds. The first-order valence-electron chi connectivity index (χ1n) is 6.36. The van der Waals surface area contributed by atoms with Gasteiger partial charge in [0.25, 0.3) is 0 Å². The summed E-state index contributed by atoms with van der Waals surface area (Å²) in [5.41, 5.74) is 6.77. The molecule has 0 saturated carbocycles. The molecular formula is C14H20N2O3S. The Morgan fingerprint density at radius 2 is 2.00 bits per heavy atom. The van der Waals surface area contributed by atoms with Gasteiger partial charge in [-0.2, -0.15) is 11.8 Å². The van der Waals surface area contributed by atoms with Gasteiger partial charge in [-0.1, -0.05) is 30.3 Å². The van der Waals surface area contributed by atoms with Crippen molar-refractivity contribution in [3.8, 4) is 0 Å². The van der Waals surface area contributed by atoms with Gasteiger partial charge >= 0.3 is 5.97 Å². The summed E-state index contributed by atoms with van der Waals surface area (Å²) in [6.45, 7) is 0. The minimum absolute atomic E-state index is 0.389. The summed E-state index contributed by atoms with van der Waals surface area (Å²) < 4.78 is 0. The van der Waals surface area contributed by atoms with Crippen molar-refractivity contribution in [3.05, 3.63) is 35.9 Å². The highest BCUT2D eigenvalue weighted by Gasteiger charge is 2.22. The van der Waals surface area contributed by atoms with E-state index in [4.69, 9.17) is 10.8 Å². The summed E-state index contributed by atoms with van der Waals surface area (Å²) in [7, 11) is 0. The lowest BCUT2D eigenvalue weighted by atomic mass is 10.1. The third-order valence-electron chi connectivity index (χ3n) is 2.86. The number of aliphatic carboxylic acids is 1. The van der Waals surface area contributed by atoms with Crippen LogP contribution in [0.4, 0.5) is 0 Å². The smallest absolute Gasteiger partial charge is 0.326 e. The van der Waals surface area contributed by atoms with Crippen molar-refractivity contribution in [3.63, 3.8) is 0 Å². The number of nitrogens with one attached hydrogen (secondary N) is 1. The van der Waals surface area contributed by atoms with E-state index in [1.165, 1.54) is 11.8 Å². The molecule has 0 aliphatic rings. The molecule has 0 unspecified atom stereocenters. The molecule has 0 aliphatic heterocycles. The first kappa shape index (κ1) is 16.5. The van der Waals surface area contributed by atoms with Gasteiger partial charge in [-0.15, -0.1) is 0 Å². The van der Waals surface area contributed by atoms with E-state index in [1.54, 1.807) is 0 Å². The zero-order valence-corrected chi connectivity index (χ0v) is 12.2. The highest BCUT2D eigenvalue weighted by Crippen LogP contribution is 2.04. The number of rotatable bonds is 8. The summed E-state index contributed by atoms with van der Waals surface area (Å²) in [5, 5.41) is 11.5. The number of benzene rings is 1. The standard InChI is InChI=1S/C14H20N2O3S/c1-20-8-7-12(14(18)19)16-13(17)11(15)9-10-5-3-2-4-6-10/h2-6,11-12H,7-9,15H2,1H3,(H,16,17)(H,18,19)/t11-,12+/m1/s1. The normalized spacial score (nSPS) is 13.5. The monoisotopic (exact) mass is 296 g/mol.